The van der Waals surface area contributed by atoms with E-state index in [1.54, 1.807) is 13.1 Å². The zero-order chi connectivity index (χ0) is 15.4. The summed E-state index contributed by atoms with van der Waals surface area (Å²) in [5.41, 5.74) is 2.82. The SMILES string of the molecule is CC(CC#N)N(C)C(=O)c1cc2ccccc2c(NN)n1. The molecule has 6 nitrogen and oxygen atoms in total. The van der Waals surface area contributed by atoms with E-state index in [0.717, 1.165) is 10.8 Å². The fourth-order valence-electron chi connectivity index (χ4n) is 2.07. The summed E-state index contributed by atoms with van der Waals surface area (Å²) in [6.45, 7) is 1.82. The van der Waals surface area contributed by atoms with Crippen LogP contribution in [0.3, 0.4) is 0 Å². The van der Waals surface area contributed by atoms with Gasteiger partial charge in [0.25, 0.3) is 5.91 Å². The number of pyridine rings is 1. The van der Waals surface area contributed by atoms with E-state index in [2.05, 4.69) is 16.5 Å². The smallest absolute Gasteiger partial charge is 0.272 e. The first-order valence-electron chi connectivity index (χ1n) is 6.59. The minimum Gasteiger partial charge on any atom is -0.337 e. The van der Waals surface area contributed by atoms with Crippen LogP contribution in [0.2, 0.25) is 0 Å². The number of carbonyl (C=O) groups is 1. The van der Waals surface area contributed by atoms with Crippen LogP contribution in [0.15, 0.2) is 30.3 Å². The molecule has 0 aliphatic rings. The first-order valence-corrected chi connectivity index (χ1v) is 6.59. The van der Waals surface area contributed by atoms with Crippen LogP contribution in [0.1, 0.15) is 23.8 Å². The zero-order valence-corrected chi connectivity index (χ0v) is 12.0. The van der Waals surface area contributed by atoms with Crippen LogP contribution in [0.25, 0.3) is 10.8 Å². The largest absolute Gasteiger partial charge is 0.337 e. The number of nitriles is 1. The summed E-state index contributed by atoms with van der Waals surface area (Å²) in [6, 6.07) is 11.2. The Morgan fingerprint density at radius 2 is 2.24 bits per heavy atom. The quantitative estimate of drug-likeness (QED) is 0.660. The highest BCUT2D eigenvalue weighted by Crippen LogP contribution is 2.22. The minimum atomic E-state index is -0.236. The number of amides is 1. The molecule has 1 amide bonds. The van der Waals surface area contributed by atoms with Crippen LogP contribution in [0.5, 0.6) is 0 Å². The topological polar surface area (TPSA) is 95.0 Å². The number of aromatic nitrogens is 1. The molecular weight excluding hydrogens is 266 g/mol. The predicted octanol–water partition coefficient (Wildman–Crippen LogP) is 1.89. The second-order valence-corrected chi connectivity index (χ2v) is 4.85. The number of fused-ring (bicyclic) bond motifs is 1. The number of hydrazine groups is 1. The average molecular weight is 283 g/mol. The first-order chi connectivity index (χ1) is 10.1. The van der Waals surface area contributed by atoms with Crippen LogP contribution >= 0.6 is 0 Å². The number of nitrogens with zero attached hydrogens (tertiary/aromatic N) is 3. The molecule has 1 unspecified atom stereocenters. The molecule has 1 aromatic heterocycles. The number of hydrogen-bond acceptors (Lipinski definition) is 5. The molecule has 2 aromatic rings. The van der Waals surface area contributed by atoms with Crippen LogP contribution in [0, 0.1) is 11.3 Å². The van der Waals surface area contributed by atoms with Gasteiger partial charge >= 0.3 is 0 Å². The Morgan fingerprint density at radius 3 is 2.90 bits per heavy atom. The molecule has 1 atom stereocenters. The van der Waals surface area contributed by atoms with Crippen molar-refractivity contribution in [3.63, 3.8) is 0 Å². The lowest BCUT2D eigenvalue weighted by Gasteiger charge is -2.23. The maximum Gasteiger partial charge on any atom is 0.272 e. The predicted molar refractivity (Wildman–Crippen MR) is 81.3 cm³/mol. The van der Waals surface area contributed by atoms with Crippen LogP contribution in [-0.4, -0.2) is 28.9 Å². The Kier molecular flexibility index (Phi) is 4.36. The molecule has 0 saturated carbocycles. The number of rotatable bonds is 4. The van der Waals surface area contributed by atoms with Crippen LogP contribution in [-0.2, 0) is 0 Å². The van der Waals surface area contributed by atoms with E-state index in [0.29, 0.717) is 11.5 Å². The lowest BCUT2D eigenvalue weighted by Crippen LogP contribution is -2.35. The lowest BCUT2D eigenvalue weighted by atomic mass is 10.1. The normalized spacial score (nSPS) is 11.7. The molecule has 0 fully saturated rings. The molecule has 21 heavy (non-hydrogen) atoms. The van der Waals surface area contributed by atoms with Crippen molar-refractivity contribution in [2.24, 2.45) is 5.84 Å². The third kappa shape index (κ3) is 2.93. The van der Waals surface area contributed by atoms with Crippen LogP contribution in [0.4, 0.5) is 5.82 Å². The van der Waals surface area contributed by atoms with Gasteiger partial charge in [0.15, 0.2) is 0 Å². The summed E-state index contributed by atoms with van der Waals surface area (Å²) in [5.74, 6) is 5.71. The second kappa shape index (κ2) is 6.20. The molecular formula is C15H17N5O. The molecule has 6 heteroatoms. The van der Waals surface area contributed by atoms with Gasteiger partial charge in [0.2, 0.25) is 0 Å². The third-order valence-electron chi connectivity index (χ3n) is 3.46. The van der Waals surface area contributed by atoms with Crippen molar-refractivity contribution in [2.75, 3.05) is 12.5 Å². The van der Waals surface area contributed by atoms with Gasteiger partial charge in [-0.25, -0.2) is 10.8 Å². The van der Waals surface area contributed by atoms with E-state index in [1.807, 2.05) is 31.2 Å². The molecule has 1 aromatic carbocycles. The number of anilines is 1. The molecule has 0 spiro atoms. The standard InChI is InChI=1S/C15H17N5O/c1-10(7-8-16)20(2)15(21)13-9-11-5-3-4-6-12(11)14(18-13)19-17/h3-6,9-10H,7,17H2,1-2H3,(H,18,19). The highest BCUT2D eigenvalue weighted by atomic mass is 16.2. The van der Waals surface area contributed by atoms with Crippen molar-refractivity contribution >= 4 is 22.5 Å². The highest BCUT2D eigenvalue weighted by molar-refractivity contribution is 6.00. The maximum atomic E-state index is 12.5. The lowest BCUT2D eigenvalue weighted by molar-refractivity contribution is 0.0740. The zero-order valence-electron chi connectivity index (χ0n) is 12.0. The van der Waals surface area contributed by atoms with Gasteiger partial charge in [-0.05, 0) is 18.4 Å². The fraction of sp³-hybridized carbons (Fsp3) is 0.267. The van der Waals surface area contributed by atoms with E-state index >= 15 is 0 Å². The summed E-state index contributed by atoms with van der Waals surface area (Å²) >= 11 is 0. The number of nitrogen functional groups attached to an aromatic ring is 1. The minimum absolute atomic E-state index is 0.176. The summed E-state index contributed by atoms with van der Waals surface area (Å²) in [6.07, 6.45) is 0.276. The Balaban J connectivity index is 2.42. The molecule has 0 aliphatic heterocycles. The molecule has 108 valence electrons. The van der Waals surface area contributed by atoms with Gasteiger partial charge in [-0.1, -0.05) is 24.3 Å². The van der Waals surface area contributed by atoms with E-state index in [4.69, 9.17) is 11.1 Å². The Morgan fingerprint density at radius 1 is 1.52 bits per heavy atom. The van der Waals surface area contributed by atoms with Crippen molar-refractivity contribution in [3.8, 4) is 6.07 Å². The van der Waals surface area contributed by atoms with Gasteiger partial charge in [0, 0.05) is 18.5 Å². The van der Waals surface area contributed by atoms with Gasteiger partial charge in [-0.3, -0.25) is 4.79 Å². The number of hydrogen-bond donors (Lipinski definition) is 2. The van der Waals surface area contributed by atoms with Crippen LogP contribution < -0.4 is 11.3 Å². The van der Waals surface area contributed by atoms with E-state index < -0.39 is 0 Å². The molecule has 0 saturated heterocycles. The van der Waals surface area contributed by atoms with Crippen molar-refractivity contribution in [1.82, 2.24) is 9.88 Å². The van der Waals surface area contributed by atoms with Gasteiger partial charge in [-0.15, -0.1) is 0 Å². The summed E-state index contributed by atoms with van der Waals surface area (Å²) in [7, 11) is 1.66. The Labute approximate surface area is 123 Å². The van der Waals surface area contributed by atoms with E-state index in [-0.39, 0.29) is 18.4 Å². The second-order valence-electron chi connectivity index (χ2n) is 4.85. The van der Waals surface area contributed by atoms with Crippen molar-refractivity contribution in [2.45, 2.75) is 19.4 Å². The van der Waals surface area contributed by atoms with Gasteiger partial charge in [0.05, 0.1) is 12.5 Å². The van der Waals surface area contributed by atoms with E-state index in [1.165, 1.54) is 4.90 Å². The number of carbonyl (C=O) groups excluding carboxylic acids is 1. The summed E-state index contributed by atoms with van der Waals surface area (Å²) in [4.78, 5) is 18.2. The number of nitrogens with two attached hydrogens (primary N) is 1. The summed E-state index contributed by atoms with van der Waals surface area (Å²) in [5, 5.41) is 10.5. The molecule has 0 bridgehead atoms. The Hall–Kier alpha value is -2.65. The average Bonchev–Trinajstić information content (AvgIpc) is 2.52. The first kappa shape index (κ1) is 14.8. The van der Waals surface area contributed by atoms with Crippen molar-refractivity contribution < 1.29 is 4.79 Å². The fourth-order valence-corrected chi connectivity index (χ4v) is 2.07. The van der Waals surface area contributed by atoms with E-state index in [9.17, 15) is 4.79 Å². The molecule has 2 rings (SSSR count). The molecule has 0 aliphatic carbocycles. The summed E-state index contributed by atoms with van der Waals surface area (Å²) < 4.78 is 0. The monoisotopic (exact) mass is 283 g/mol. The van der Waals surface area contributed by atoms with Crippen molar-refractivity contribution in [3.05, 3.63) is 36.0 Å². The van der Waals surface area contributed by atoms with Crippen molar-refractivity contribution in [1.29, 1.82) is 5.26 Å². The number of nitrogens with one attached hydrogen (secondary N) is 1. The van der Waals surface area contributed by atoms with Gasteiger partial charge < -0.3 is 10.3 Å². The Bertz CT molecular complexity index is 707. The maximum absolute atomic E-state index is 12.5. The van der Waals surface area contributed by atoms with Gasteiger partial charge in [0.1, 0.15) is 11.5 Å². The molecule has 0 radical (unpaired) electrons. The molecule has 3 N–H and O–H groups in total. The third-order valence-corrected chi connectivity index (χ3v) is 3.46. The number of benzene rings is 1. The molecule has 1 heterocycles. The van der Waals surface area contributed by atoms with Gasteiger partial charge in [-0.2, -0.15) is 5.26 Å². The highest BCUT2D eigenvalue weighted by Gasteiger charge is 2.19.